The van der Waals surface area contributed by atoms with E-state index in [2.05, 4.69) is 5.32 Å². The van der Waals surface area contributed by atoms with Gasteiger partial charge in [-0.15, -0.1) is 0 Å². The number of anilines is 1. The van der Waals surface area contributed by atoms with Gasteiger partial charge in [-0.2, -0.15) is 0 Å². The van der Waals surface area contributed by atoms with Gasteiger partial charge in [-0.1, -0.05) is 12.1 Å². The molecule has 88 valence electrons. The minimum Gasteiger partial charge on any atom is -0.389 e. The fourth-order valence-corrected chi connectivity index (χ4v) is 1.32. The van der Waals surface area contributed by atoms with Crippen molar-refractivity contribution in [3.8, 4) is 0 Å². The van der Waals surface area contributed by atoms with Crippen molar-refractivity contribution in [3.05, 3.63) is 29.8 Å². The molecular weight excluding hydrogens is 208 g/mol. The molecule has 0 aliphatic heterocycles. The summed E-state index contributed by atoms with van der Waals surface area (Å²) in [5, 5.41) is 21.6. The van der Waals surface area contributed by atoms with Gasteiger partial charge in [0.15, 0.2) is 0 Å². The van der Waals surface area contributed by atoms with E-state index in [0.717, 1.165) is 0 Å². The van der Waals surface area contributed by atoms with E-state index < -0.39 is 12.2 Å². The minimum atomic E-state index is -1.00. The summed E-state index contributed by atoms with van der Waals surface area (Å²) in [6.07, 6.45) is -1.98. The van der Waals surface area contributed by atoms with Gasteiger partial charge < -0.3 is 21.3 Å². The van der Waals surface area contributed by atoms with Crippen molar-refractivity contribution in [2.75, 3.05) is 11.9 Å². The Morgan fingerprint density at radius 1 is 1.38 bits per heavy atom. The molecule has 0 radical (unpaired) electrons. The second-order valence-corrected chi connectivity index (χ2v) is 3.55. The molecule has 5 heteroatoms. The lowest BCUT2D eigenvalue weighted by molar-refractivity contribution is -0.114. The van der Waals surface area contributed by atoms with Crippen molar-refractivity contribution in [3.63, 3.8) is 0 Å². The minimum absolute atomic E-state index is 0.00534. The molecule has 16 heavy (non-hydrogen) atoms. The third-order valence-corrected chi connectivity index (χ3v) is 2.18. The lowest BCUT2D eigenvalue weighted by Crippen LogP contribution is -2.27. The molecule has 1 amide bonds. The van der Waals surface area contributed by atoms with Crippen molar-refractivity contribution in [2.45, 2.75) is 19.1 Å². The largest absolute Gasteiger partial charge is 0.389 e. The molecule has 1 aromatic rings. The molecule has 1 aromatic carbocycles. The third-order valence-electron chi connectivity index (χ3n) is 2.18. The zero-order chi connectivity index (χ0) is 12.1. The highest BCUT2D eigenvalue weighted by molar-refractivity contribution is 5.88. The van der Waals surface area contributed by atoms with Crippen LogP contribution in [0.5, 0.6) is 0 Å². The number of aliphatic hydroxyl groups is 2. The van der Waals surface area contributed by atoms with Crippen LogP contribution in [0.4, 0.5) is 5.69 Å². The van der Waals surface area contributed by atoms with E-state index in [1.807, 2.05) is 0 Å². The number of nitrogens with one attached hydrogen (secondary N) is 1. The van der Waals surface area contributed by atoms with E-state index in [0.29, 0.717) is 11.3 Å². The molecule has 0 bridgehead atoms. The Hall–Kier alpha value is -1.43. The standard InChI is InChI=1S/C11H16N2O3/c1-7(14)13-9-4-2-8(3-5-9)11(16)10(15)6-12/h2-5,10-11,15-16H,6,12H2,1H3,(H,13,14). The van der Waals surface area contributed by atoms with Crippen molar-refractivity contribution < 1.29 is 15.0 Å². The Bertz CT molecular complexity index is 351. The second-order valence-electron chi connectivity index (χ2n) is 3.55. The van der Waals surface area contributed by atoms with Crippen LogP contribution >= 0.6 is 0 Å². The smallest absolute Gasteiger partial charge is 0.221 e. The first-order valence-corrected chi connectivity index (χ1v) is 4.98. The van der Waals surface area contributed by atoms with Crippen LogP contribution in [0.1, 0.15) is 18.6 Å². The van der Waals surface area contributed by atoms with Crippen LogP contribution in [0.15, 0.2) is 24.3 Å². The summed E-state index contributed by atoms with van der Waals surface area (Å²) in [5.41, 5.74) is 6.45. The molecule has 2 unspecified atom stereocenters. The van der Waals surface area contributed by atoms with E-state index in [9.17, 15) is 15.0 Å². The van der Waals surface area contributed by atoms with E-state index in [4.69, 9.17) is 5.73 Å². The molecule has 5 nitrogen and oxygen atoms in total. The van der Waals surface area contributed by atoms with Gasteiger partial charge in [0.2, 0.25) is 5.91 Å². The zero-order valence-electron chi connectivity index (χ0n) is 9.05. The number of aliphatic hydroxyl groups excluding tert-OH is 2. The average molecular weight is 224 g/mol. The summed E-state index contributed by atoms with van der Waals surface area (Å²) in [6.45, 7) is 1.41. The third kappa shape index (κ3) is 3.30. The lowest BCUT2D eigenvalue weighted by Gasteiger charge is -2.16. The van der Waals surface area contributed by atoms with Crippen LogP contribution in [0, 0.1) is 0 Å². The highest BCUT2D eigenvalue weighted by atomic mass is 16.3. The van der Waals surface area contributed by atoms with E-state index in [1.165, 1.54) is 6.92 Å². The van der Waals surface area contributed by atoms with Gasteiger partial charge in [-0.25, -0.2) is 0 Å². The lowest BCUT2D eigenvalue weighted by atomic mass is 10.0. The highest BCUT2D eigenvalue weighted by Gasteiger charge is 2.16. The molecule has 0 aromatic heterocycles. The number of amides is 1. The van der Waals surface area contributed by atoms with Gasteiger partial charge in [0.05, 0.1) is 6.10 Å². The van der Waals surface area contributed by atoms with Crippen LogP contribution < -0.4 is 11.1 Å². The monoisotopic (exact) mass is 224 g/mol. The van der Waals surface area contributed by atoms with Gasteiger partial charge in [0.25, 0.3) is 0 Å². The zero-order valence-corrected chi connectivity index (χ0v) is 9.05. The fourth-order valence-electron chi connectivity index (χ4n) is 1.32. The summed E-state index contributed by atoms with van der Waals surface area (Å²) in [5.74, 6) is -0.157. The van der Waals surface area contributed by atoms with E-state index >= 15 is 0 Å². The number of carbonyl (C=O) groups is 1. The highest BCUT2D eigenvalue weighted by Crippen LogP contribution is 2.18. The summed E-state index contributed by atoms with van der Waals surface area (Å²) in [4.78, 5) is 10.8. The fraction of sp³-hybridized carbons (Fsp3) is 0.364. The maximum absolute atomic E-state index is 10.8. The maximum atomic E-state index is 10.8. The van der Waals surface area contributed by atoms with Gasteiger partial charge in [0.1, 0.15) is 6.10 Å². The summed E-state index contributed by atoms with van der Waals surface area (Å²) >= 11 is 0. The molecule has 0 spiro atoms. The predicted molar refractivity (Wildman–Crippen MR) is 60.8 cm³/mol. The Morgan fingerprint density at radius 2 is 1.94 bits per heavy atom. The number of benzene rings is 1. The van der Waals surface area contributed by atoms with Crippen molar-refractivity contribution in [1.82, 2.24) is 0 Å². The molecule has 2 atom stereocenters. The van der Waals surface area contributed by atoms with Crippen molar-refractivity contribution >= 4 is 11.6 Å². The van der Waals surface area contributed by atoms with Gasteiger partial charge in [-0.3, -0.25) is 4.79 Å². The number of hydrogen-bond acceptors (Lipinski definition) is 4. The molecule has 0 saturated heterocycles. The van der Waals surface area contributed by atoms with Crippen LogP contribution in [-0.2, 0) is 4.79 Å². The van der Waals surface area contributed by atoms with Crippen LogP contribution in [0.3, 0.4) is 0 Å². The SMILES string of the molecule is CC(=O)Nc1ccc(C(O)C(O)CN)cc1. The Labute approximate surface area is 93.9 Å². The summed E-state index contributed by atoms with van der Waals surface area (Å²) in [6, 6.07) is 6.58. The number of rotatable bonds is 4. The number of carbonyl (C=O) groups excluding carboxylic acids is 1. The van der Waals surface area contributed by atoms with Gasteiger partial charge in [-0.05, 0) is 17.7 Å². The average Bonchev–Trinajstić information content (AvgIpc) is 2.27. The molecule has 0 fully saturated rings. The normalized spacial score (nSPS) is 14.2. The molecule has 0 saturated carbocycles. The quantitative estimate of drug-likeness (QED) is 0.579. The number of hydrogen-bond donors (Lipinski definition) is 4. The van der Waals surface area contributed by atoms with Gasteiger partial charge >= 0.3 is 0 Å². The first-order valence-electron chi connectivity index (χ1n) is 4.98. The second kappa shape index (κ2) is 5.60. The molecular formula is C11H16N2O3. The maximum Gasteiger partial charge on any atom is 0.221 e. The Morgan fingerprint density at radius 3 is 2.38 bits per heavy atom. The van der Waals surface area contributed by atoms with Crippen molar-refractivity contribution in [1.29, 1.82) is 0 Å². The van der Waals surface area contributed by atoms with Crippen LogP contribution in [-0.4, -0.2) is 28.8 Å². The Kier molecular flexibility index (Phi) is 4.42. The summed E-state index contributed by atoms with van der Waals surface area (Å²) in [7, 11) is 0. The molecule has 0 aliphatic rings. The molecule has 5 N–H and O–H groups in total. The first-order chi connectivity index (χ1) is 7.54. The molecule has 0 heterocycles. The van der Waals surface area contributed by atoms with E-state index in [-0.39, 0.29) is 12.5 Å². The number of nitrogens with two attached hydrogens (primary N) is 1. The first kappa shape index (κ1) is 12.6. The molecule has 1 rings (SSSR count). The van der Waals surface area contributed by atoms with E-state index in [1.54, 1.807) is 24.3 Å². The molecule has 0 aliphatic carbocycles. The van der Waals surface area contributed by atoms with Crippen LogP contribution in [0.25, 0.3) is 0 Å². The predicted octanol–water partition coefficient (Wildman–Crippen LogP) is -0.00200. The summed E-state index contributed by atoms with van der Waals surface area (Å²) < 4.78 is 0. The van der Waals surface area contributed by atoms with Gasteiger partial charge in [0, 0.05) is 19.2 Å². The topological polar surface area (TPSA) is 95.6 Å². The van der Waals surface area contributed by atoms with Crippen LogP contribution in [0.2, 0.25) is 0 Å². The van der Waals surface area contributed by atoms with Crippen molar-refractivity contribution in [2.24, 2.45) is 5.73 Å². The Balaban J connectivity index is 2.74.